The van der Waals surface area contributed by atoms with Gasteiger partial charge in [-0.2, -0.15) is 0 Å². The first kappa shape index (κ1) is 19.4. The number of anilines is 1. The van der Waals surface area contributed by atoms with Gasteiger partial charge in [-0.15, -0.1) is 0 Å². The number of carbonyl (C=O) groups excluding carboxylic acids is 2. The lowest BCUT2D eigenvalue weighted by Crippen LogP contribution is -2.35. The molecule has 0 aliphatic heterocycles. The maximum atomic E-state index is 14.4. The molecule has 0 radical (unpaired) electrons. The van der Waals surface area contributed by atoms with Crippen LogP contribution in [0.15, 0.2) is 30.6 Å². The van der Waals surface area contributed by atoms with Crippen LogP contribution in [0.25, 0.3) is 0 Å². The van der Waals surface area contributed by atoms with Crippen LogP contribution in [0.2, 0.25) is 0 Å². The molecule has 1 N–H and O–H groups in total. The van der Waals surface area contributed by atoms with Crippen molar-refractivity contribution >= 4 is 17.8 Å². The SMILES string of the molecule is CN(CC(=O)Nc1ncc(F)cn1)C(=O)c1ccc(C2(F)CC2)cc1[C@@H]1C[C@@H]1F. The largest absolute Gasteiger partial charge is 0.332 e. The lowest BCUT2D eigenvalue weighted by molar-refractivity contribution is -0.116. The number of carbonyl (C=O) groups is 2. The molecule has 2 aliphatic carbocycles. The Morgan fingerprint density at radius 3 is 2.52 bits per heavy atom. The van der Waals surface area contributed by atoms with Gasteiger partial charge in [-0.1, -0.05) is 12.1 Å². The molecule has 1 heterocycles. The molecular formula is C20H19F3N4O2. The van der Waals surface area contributed by atoms with Crippen LogP contribution in [0, 0.1) is 5.82 Å². The van der Waals surface area contributed by atoms with Crippen molar-refractivity contribution < 1.29 is 22.8 Å². The lowest BCUT2D eigenvalue weighted by Gasteiger charge is -2.19. The number of hydrogen-bond acceptors (Lipinski definition) is 4. The first-order valence-corrected chi connectivity index (χ1v) is 9.27. The van der Waals surface area contributed by atoms with E-state index in [2.05, 4.69) is 15.3 Å². The monoisotopic (exact) mass is 404 g/mol. The van der Waals surface area contributed by atoms with Gasteiger partial charge in [0.15, 0.2) is 5.82 Å². The fourth-order valence-corrected chi connectivity index (χ4v) is 3.26. The molecule has 1 aromatic carbocycles. The summed E-state index contributed by atoms with van der Waals surface area (Å²) >= 11 is 0. The first-order valence-electron chi connectivity index (χ1n) is 9.27. The predicted octanol–water partition coefficient (Wildman–Crippen LogP) is 3.11. The minimum absolute atomic E-state index is 0.0850. The van der Waals surface area contributed by atoms with E-state index in [0.717, 1.165) is 12.4 Å². The molecule has 0 unspecified atom stereocenters. The van der Waals surface area contributed by atoms with Crippen molar-refractivity contribution in [2.45, 2.75) is 37.0 Å². The fraction of sp³-hybridized carbons (Fsp3) is 0.400. The van der Waals surface area contributed by atoms with E-state index in [-0.39, 0.29) is 18.1 Å². The average molecular weight is 404 g/mol. The van der Waals surface area contributed by atoms with Crippen LogP contribution < -0.4 is 5.32 Å². The summed E-state index contributed by atoms with van der Waals surface area (Å²) in [6.07, 6.45) is 1.92. The molecule has 2 saturated carbocycles. The summed E-state index contributed by atoms with van der Waals surface area (Å²) in [6.45, 7) is -0.308. The Morgan fingerprint density at radius 1 is 1.28 bits per heavy atom. The molecule has 4 rings (SSSR count). The van der Waals surface area contributed by atoms with Gasteiger partial charge in [0.1, 0.15) is 11.8 Å². The van der Waals surface area contributed by atoms with Crippen molar-refractivity contribution in [2.75, 3.05) is 18.9 Å². The van der Waals surface area contributed by atoms with Crippen molar-refractivity contribution in [1.82, 2.24) is 14.9 Å². The van der Waals surface area contributed by atoms with Crippen LogP contribution in [-0.2, 0) is 10.5 Å². The van der Waals surface area contributed by atoms with E-state index in [1.807, 2.05) is 0 Å². The van der Waals surface area contributed by atoms with Crippen molar-refractivity contribution in [3.8, 4) is 0 Å². The van der Waals surface area contributed by atoms with Crippen LogP contribution in [0.5, 0.6) is 0 Å². The van der Waals surface area contributed by atoms with Gasteiger partial charge in [-0.25, -0.2) is 23.1 Å². The Morgan fingerprint density at radius 2 is 1.93 bits per heavy atom. The summed E-state index contributed by atoms with van der Waals surface area (Å²) < 4.78 is 40.9. The van der Waals surface area contributed by atoms with E-state index in [4.69, 9.17) is 0 Å². The minimum atomic E-state index is -1.38. The molecule has 29 heavy (non-hydrogen) atoms. The molecule has 2 fully saturated rings. The van der Waals surface area contributed by atoms with Crippen LogP contribution in [0.4, 0.5) is 19.1 Å². The average Bonchev–Trinajstić information content (AvgIpc) is 3.61. The third-order valence-corrected chi connectivity index (χ3v) is 5.20. The number of likely N-dealkylation sites (N-methyl/N-ethyl adjacent to an activating group) is 1. The highest BCUT2D eigenvalue weighted by Crippen LogP contribution is 2.52. The Labute approximate surface area is 165 Å². The van der Waals surface area contributed by atoms with Crippen LogP contribution in [0.1, 0.15) is 46.7 Å². The lowest BCUT2D eigenvalue weighted by atomic mass is 9.96. The minimum Gasteiger partial charge on any atom is -0.332 e. The highest BCUT2D eigenvalue weighted by atomic mass is 19.1. The van der Waals surface area contributed by atoms with E-state index >= 15 is 0 Å². The van der Waals surface area contributed by atoms with E-state index in [1.165, 1.54) is 18.0 Å². The second-order valence-corrected chi connectivity index (χ2v) is 7.56. The van der Waals surface area contributed by atoms with Gasteiger partial charge in [0.2, 0.25) is 11.9 Å². The van der Waals surface area contributed by atoms with E-state index in [1.54, 1.807) is 12.1 Å². The number of benzene rings is 1. The van der Waals surface area contributed by atoms with Gasteiger partial charge in [-0.3, -0.25) is 14.9 Å². The smallest absolute Gasteiger partial charge is 0.254 e. The maximum absolute atomic E-state index is 14.4. The number of nitrogens with zero attached hydrogens (tertiary/aromatic N) is 3. The molecule has 9 heteroatoms. The van der Waals surface area contributed by atoms with Crippen molar-refractivity contribution in [3.63, 3.8) is 0 Å². The van der Waals surface area contributed by atoms with E-state index in [9.17, 15) is 22.8 Å². The Kier molecular flexibility index (Phi) is 4.76. The molecule has 2 amide bonds. The molecule has 0 spiro atoms. The molecule has 2 aromatic rings. The Bertz CT molecular complexity index is 963. The van der Waals surface area contributed by atoms with Crippen molar-refractivity contribution in [1.29, 1.82) is 0 Å². The van der Waals surface area contributed by atoms with Gasteiger partial charge in [0.05, 0.1) is 18.9 Å². The highest BCUT2D eigenvalue weighted by molar-refractivity contribution is 6.00. The summed E-state index contributed by atoms with van der Waals surface area (Å²) in [5.41, 5.74) is -0.163. The number of nitrogens with one attached hydrogen (secondary N) is 1. The summed E-state index contributed by atoms with van der Waals surface area (Å²) in [6, 6.07) is 4.65. The number of alkyl halides is 2. The number of rotatable bonds is 6. The molecule has 1 aromatic heterocycles. The summed E-state index contributed by atoms with van der Waals surface area (Å²) in [5, 5.41) is 2.37. The third-order valence-electron chi connectivity index (χ3n) is 5.20. The van der Waals surface area contributed by atoms with Gasteiger partial charge < -0.3 is 4.90 Å². The molecular weight excluding hydrogens is 385 g/mol. The van der Waals surface area contributed by atoms with Crippen molar-refractivity contribution in [3.05, 3.63) is 53.1 Å². The van der Waals surface area contributed by atoms with Crippen molar-refractivity contribution in [2.24, 2.45) is 0 Å². The number of amides is 2. The zero-order chi connectivity index (χ0) is 20.8. The number of aromatic nitrogens is 2. The molecule has 6 nitrogen and oxygen atoms in total. The van der Waals surface area contributed by atoms with Gasteiger partial charge in [0, 0.05) is 18.5 Å². The van der Waals surface area contributed by atoms with E-state index in [0.29, 0.717) is 30.4 Å². The Balaban J connectivity index is 1.48. The molecule has 2 aliphatic rings. The van der Waals surface area contributed by atoms with Crippen LogP contribution in [0.3, 0.4) is 0 Å². The molecule has 2 atom stereocenters. The zero-order valence-electron chi connectivity index (χ0n) is 15.7. The maximum Gasteiger partial charge on any atom is 0.254 e. The summed E-state index contributed by atoms with van der Waals surface area (Å²) in [4.78, 5) is 33.4. The fourth-order valence-electron chi connectivity index (χ4n) is 3.26. The third kappa shape index (κ3) is 4.08. The normalized spacial score (nSPS) is 21.4. The standard InChI is InChI=1S/C20H19F3N4O2/c1-27(10-17(28)26-19-24-8-12(21)9-25-19)18(29)13-3-2-11(20(23)4-5-20)6-14(13)15-7-16(15)22/h2-3,6,8-9,15-16H,4-5,7,10H2,1H3,(H,24,25,26,28)/t15-,16-/m0/s1. The van der Waals surface area contributed by atoms with Gasteiger partial charge in [-0.05, 0) is 36.5 Å². The molecule has 0 saturated heterocycles. The quantitative estimate of drug-likeness (QED) is 0.803. The first-order chi connectivity index (χ1) is 13.8. The summed E-state index contributed by atoms with van der Waals surface area (Å²) in [5.74, 6) is -2.19. The number of halogens is 3. The van der Waals surface area contributed by atoms with Crippen LogP contribution >= 0.6 is 0 Å². The summed E-state index contributed by atoms with van der Waals surface area (Å²) in [7, 11) is 1.43. The second kappa shape index (κ2) is 7.13. The Hall–Kier alpha value is -2.97. The predicted molar refractivity (Wildman–Crippen MR) is 98.3 cm³/mol. The van der Waals surface area contributed by atoms with E-state index < -0.39 is 35.4 Å². The highest BCUT2D eigenvalue weighted by Gasteiger charge is 2.47. The topological polar surface area (TPSA) is 75.2 Å². The molecule has 0 bridgehead atoms. The van der Waals surface area contributed by atoms with Gasteiger partial charge >= 0.3 is 0 Å². The number of hydrogen-bond donors (Lipinski definition) is 1. The van der Waals surface area contributed by atoms with Gasteiger partial charge in [0.25, 0.3) is 5.91 Å². The second-order valence-electron chi connectivity index (χ2n) is 7.56. The van der Waals surface area contributed by atoms with Crippen LogP contribution in [-0.4, -0.2) is 46.4 Å². The molecule has 152 valence electrons. The zero-order valence-corrected chi connectivity index (χ0v) is 15.7.